The van der Waals surface area contributed by atoms with Crippen LogP contribution in [-0.2, 0) is 0 Å². The summed E-state index contributed by atoms with van der Waals surface area (Å²) in [6.45, 7) is 1.13. The van der Waals surface area contributed by atoms with Crippen LogP contribution in [-0.4, -0.2) is 13.6 Å². The predicted molar refractivity (Wildman–Crippen MR) is 54.2 cm³/mol. The van der Waals surface area contributed by atoms with Crippen LogP contribution in [0.4, 0.5) is 0 Å². The molecule has 0 radical (unpaired) electrons. The van der Waals surface area contributed by atoms with Crippen LogP contribution in [0.2, 0.25) is 0 Å². The first-order valence-corrected chi connectivity index (χ1v) is 4.93. The monoisotopic (exact) mass is 165 g/mol. The molecule has 0 aromatic rings. The lowest BCUT2D eigenvalue weighted by Gasteiger charge is -2.00. The Balaban J connectivity index is 2.24. The Kier molecular flexibility index (Phi) is 4.77. The number of hydrogen-bond acceptors (Lipinski definition) is 1. The number of allylic oxidation sites excluding steroid dienone is 4. The highest BCUT2D eigenvalue weighted by Crippen LogP contribution is 2.14. The average Bonchev–Trinajstić information content (AvgIpc) is 2.33. The van der Waals surface area contributed by atoms with Crippen LogP contribution in [0, 0.1) is 0 Å². The lowest BCUT2D eigenvalue weighted by Crippen LogP contribution is -2.07. The fourth-order valence-electron chi connectivity index (χ4n) is 1.48. The van der Waals surface area contributed by atoms with Gasteiger partial charge in [0, 0.05) is 0 Å². The zero-order chi connectivity index (χ0) is 8.65. The summed E-state index contributed by atoms with van der Waals surface area (Å²) in [5.41, 5.74) is 1.53. The molecule has 12 heavy (non-hydrogen) atoms. The molecule has 0 heterocycles. The van der Waals surface area contributed by atoms with Gasteiger partial charge in [0.1, 0.15) is 0 Å². The summed E-state index contributed by atoms with van der Waals surface area (Å²) in [6, 6.07) is 0. The van der Waals surface area contributed by atoms with Gasteiger partial charge in [0.15, 0.2) is 0 Å². The van der Waals surface area contributed by atoms with Gasteiger partial charge in [0.05, 0.1) is 0 Å². The van der Waals surface area contributed by atoms with Crippen molar-refractivity contribution >= 4 is 0 Å². The maximum absolute atomic E-state index is 3.17. The van der Waals surface area contributed by atoms with Crippen LogP contribution in [0.5, 0.6) is 0 Å². The Hall–Kier alpha value is -0.560. The van der Waals surface area contributed by atoms with Gasteiger partial charge in [0.2, 0.25) is 0 Å². The molecule has 68 valence electrons. The van der Waals surface area contributed by atoms with Crippen molar-refractivity contribution in [2.24, 2.45) is 0 Å². The highest BCUT2D eigenvalue weighted by Gasteiger charge is 1.95. The zero-order valence-corrected chi connectivity index (χ0v) is 7.97. The molecule has 0 fully saturated rings. The molecule has 1 rings (SSSR count). The molecule has 1 aliphatic carbocycles. The topological polar surface area (TPSA) is 12.0 Å². The zero-order valence-electron chi connectivity index (χ0n) is 7.97. The second-order valence-electron chi connectivity index (χ2n) is 3.32. The van der Waals surface area contributed by atoms with E-state index in [9.17, 15) is 0 Å². The van der Waals surface area contributed by atoms with Crippen molar-refractivity contribution in [2.75, 3.05) is 13.6 Å². The Morgan fingerprint density at radius 2 is 2.33 bits per heavy atom. The van der Waals surface area contributed by atoms with E-state index in [-0.39, 0.29) is 0 Å². The van der Waals surface area contributed by atoms with Gasteiger partial charge in [-0.25, -0.2) is 0 Å². The van der Waals surface area contributed by atoms with Crippen molar-refractivity contribution in [3.63, 3.8) is 0 Å². The minimum absolute atomic E-state index is 1.13. The molecule has 0 aromatic heterocycles. The molecule has 0 aliphatic heterocycles. The van der Waals surface area contributed by atoms with Crippen molar-refractivity contribution in [3.05, 3.63) is 23.8 Å². The van der Waals surface area contributed by atoms with E-state index < -0.39 is 0 Å². The molecule has 0 bridgehead atoms. The molecule has 0 spiro atoms. The van der Waals surface area contributed by atoms with Crippen LogP contribution < -0.4 is 5.32 Å². The van der Waals surface area contributed by atoms with E-state index in [1.165, 1.54) is 37.7 Å². The van der Waals surface area contributed by atoms with Crippen LogP contribution >= 0.6 is 0 Å². The van der Waals surface area contributed by atoms with Gasteiger partial charge >= 0.3 is 0 Å². The minimum atomic E-state index is 1.13. The van der Waals surface area contributed by atoms with Gasteiger partial charge in [-0.3, -0.25) is 0 Å². The third-order valence-corrected chi connectivity index (χ3v) is 2.21. The molecule has 0 saturated carbocycles. The fourth-order valence-corrected chi connectivity index (χ4v) is 1.48. The maximum atomic E-state index is 3.17. The highest BCUT2D eigenvalue weighted by molar-refractivity contribution is 5.20. The van der Waals surface area contributed by atoms with Crippen LogP contribution in [0.3, 0.4) is 0 Å². The first-order valence-electron chi connectivity index (χ1n) is 4.93. The SMILES string of the molecule is CNCCCC1=CCCCC=C1. The molecule has 0 atom stereocenters. The molecule has 1 nitrogen and oxygen atoms in total. The average molecular weight is 165 g/mol. The Bertz CT molecular complexity index is 168. The van der Waals surface area contributed by atoms with Crippen molar-refractivity contribution in [3.8, 4) is 0 Å². The number of nitrogens with one attached hydrogen (secondary N) is 1. The predicted octanol–water partition coefficient (Wildman–Crippen LogP) is 2.65. The van der Waals surface area contributed by atoms with Crippen LogP contribution in [0.1, 0.15) is 32.1 Å². The molecule has 0 saturated heterocycles. The van der Waals surface area contributed by atoms with E-state index in [0.717, 1.165) is 6.54 Å². The van der Waals surface area contributed by atoms with Gasteiger partial charge < -0.3 is 5.32 Å². The van der Waals surface area contributed by atoms with Gasteiger partial charge in [0.25, 0.3) is 0 Å². The minimum Gasteiger partial charge on any atom is -0.320 e. The largest absolute Gasteiger partial charge is 0.320 e. The molecule has 1 N–H and O–H groups in total. The Morgan fingerprint density at radius 3 is 3.17 bits per heavy atom. The second-order valence-corrected chi connectivity index (χ2v) is 3.32. The third-order valence-electron chi connectivity index (χ3n) is 2.21. The van der Waals surface area contributed by atoms with Crippen molar-refractivity contribution in [1.29, 1.82) is 0 Å². The van der Waals surface area contributed by atoms with Crippen LogP contribution in [0.15, 0.2) is 23.8 Å². The summed E-state index contributed by atoms with van der Waals surface area (Å²) >= 11 is 0. The van der Waals surface area contributed by atoms with Gasteiger partial charge in [-0.2, -0.15) is 0 Å². The van der Waals surface area contributed by atoms with E-state index in [1.807, 2.05) is 7.05 Å². The Labute approximate surface area is 75.6 Å². The standard InChI is InChI=1S/C11H19N/c1-12-10-6-9-11-7-4-2-3-5-8-11/h4,7-8,12H,2-3,5-6,9-10H2,1H3. The van der Waals surface area contributed by atoms with E-state index >= 15 is 0 Å². The van der Waals surface area contributed by atoms with E-state index in [1.54, 1.807) is 0 Å². The fraction of sp³-hybridized carbons (Fsp3) is 0.636. The smallest absolute Gasteiger partial charge is 0.00488 e. The molecule has 0 unspecified atom stereocenters. The molecule has 0 amide bonds. The molecule has 0 aromatic carbocycles. The summed E-state index contributed by atoms with van der Waals surface area (Å²) in [5.74, 6) is 0. The summed E-state index contributed by atoms with van der Waals surface area (Å²) < 4.78 is 0. The first-order chi connectivity index (χ1) is 5.93. The Morgan fingerprint density at radius 1 is 1.42 bits per heavy atom. The summed E-state index contributed by atoms with van der Waals surface area (Å²) in [5, 5.41) is 3.17. The summed E-state index contributed by atoms with van der Waals surface area (Å²) in [4.78, 5) is 0. The second kappa shape index (κ2) is 6.01. The summed E-state index contributed by atoms with van der Waals surface area (Å²) in [6.07, 6.45) is 13.3. The number of rotatable bonds is 4. The first kappa shape index (κ1) is 9.53. The molecular weight excluding hydrogens is 146 g/mol. The lowest BCUT2D eigenvalue weighted by atomic mass is 10.1. The van der Waals surface area contributed by atoms with Crippen molar-refractivity contribution in [1.82, 2.24) is 5.32 Å². The van der Waals surface area contributed by atoms with Crippen molar-refractivity contribution in [2.45, 2.75) is 32.1 Å². The molecule has 1 aliphatic rings. The quantitative estimate of drug-likeness (QED) is 0.631. The molecular formula is C11H19N. The van der Waals surface area contributed by atoms with Gasteiger partial charge in [-0.05, 0) is 45.7 Å². The van der Waals surface area contributed by atoms with Gasteiger partial charge in [-0.1, -0.05) is 23.8 Å². The van der Waals surface area contributed by atoms with E-state index in [4.69, 9.17) is 0 Å². The highest BCUT2D eigenvalue weighted by atomic mass is 14.8. The van der Waals surface area contributed by atoms with Crippen LogP contribution in [0.25, 0.3) is 0 Å². The van der Waals surface area contributed by atoms with E-state index in [0.29, 0.717) is 0 Å². The van der Waals surface area contributed by atoms with E-state index in [2.05, 4.69) is 23.5 Å². The molecule has 1 heteroatoms. The lowest BCUT2D eigenvalue weighted by molar-refractivity contribution is 0.725. The third kappa shape index (κ3) is 3.72. The number of hydrogen-bond donors (Lipinski definition) is 1. The van der Waals surface area contributed by atoms with Gasteiger partial charge in [-0.15, -0.1) is 0 Å². The summed E-state index contributed by atoms with van der Waals surface area (Å²) in [7, 11) is 2.01. The maximum Gasteiger partial charge on any atom is -0.00488 e. The van der Waals surface area contributed by atoms with Crippen molar-refractivity contribution < 1.29 is 0 Å². The normalized spacial score (nSPS) is 17.2.